The molecule has 0 saturated carbocycles. The number of para-hydroxylation sites is 1. The van der Waals surface area contributed by atoms with Gasteiger partial charge in [0.2, 0.25) is 0 Å². The molecular weight excluding hydrogens is 458 g/mol. The maximum atomic E-state index is 12.8. The quantitative estimate of drug-likeness (QED) is 0.653. The summed E-state index contributed by atoms with van der Waals surface area (Å²) >= 11 is 3.41. The number of nitrogens with zero attached hydrogens (tertiary/aromatic N) is 1. The number of amides is 2. The van der Waals surface area contributed by atoms with Gasteiger partial charge in [-0.15, -0.1) is 0 Å². The van der Waals surface area contributed by atoms with Crippen molar-refractivity contribution in [3.05, 3.63) is 64.1 Å². The molecule has 6 nitrogen and oxygen atoms in total. The van der Waals surface area contributed by atoms with E-state index in [4.69, 9.17) is 4.74 Å². The van der Waals surface area contributed by atoms with Crippen LogP contribution in [0.4, 0.5) is 5.69 Å². The van der Waals surface area contributed by atoms with E-state index in [9.17, 15) is 9.59 Å². The van der Waals surface area contributed by atoms with Crippen molar-refractivity contribution in [2.24, 2.45) is 0 Å². The van der Waals surface area contributed by atoms with Gasteiger partial charge in [-0.05, 0) is 56.0 Å². The minimum atomic E-state index is -0.0591. The molecule has 2 aromatic rings. The molecule has 0 aliphatic carbocycles. The van der Waals surface area contributed by atoms with Crippen LogP contribution >= 0.6 is 15.9 Å². The highest BCUT2D eigenvalue weighted by molar-refractivity contribution is 9.10. The van der Waals surface area contributed by atoms with Crippen LogP contribution in [-0.2, 0) is 4.74 Å². The highest BCUT2D eigenvalue weighted by Crippen LogP contribution is 2.25. The molecule has 2 fully saturated rings. The first-order valence-corrected chi connectivity index (χ1v) is 11.7. The van der Waals surface area contributed by atoms with Gasteiger partial charge in [0, 0.05) is 48.0 Å². The van der Waals surface area contributed by atoms with E-state index in [1.54, 1.807) is 0 Å². The van der Waals surface area contributed by atoms with E-state index in [0.29, 0.717) is 17.7 Å². The van der Waals surface area contributed by atoms with Gasteiger partial charge < -0.3 is 20.3 Å². The van der Waals surface area contributed by atoms with Crippen LogP contribution in [0.1, 0.15) is 46.4 Å². The van der Waals surface area contributed by atoms with Crippen molar-refractivity contribution in [3.8, 4) is 0 Å². The molecule has 7 heteroatoms. The van der Waals surface area contributed by atoms with Crippen LogP contribution in [0.25, 0.3) is 0 Å². The van der Waals surface area contributed by atoms with Gasteiger partial charge in [0.05, 0.1) is 11.7 Å². The molecule has 2 aromatic carbocycles. The summed E-state index contributed by atoms with van der Waals surface area (Å²) in [5, 5.41) is 6.17. The van der Waals surface area contributed by atoms with Crippen molar-refractivity contribution in [3.63, 3.8) is 0 Å². The number of hydrogen-bond acceptors (Lipinski definition) is 4. The number of benzene rings is 2. The second kappa shape index (κ2) is 10.3. The highest BCUT2D eigenvalue weighted by Gasteiger charge is 2.24. The molecule has 31 heavy (non-hydrogen) atoms. The number of halogens is 1. The Morgan fingerprint density at radius 1 is 1.03 bits per heavy atom. The summed E-state index contributed by atoms with van der Waals surface area (Å²) in [4.78, 5) is 27.6. The maximum absolute atomic E-state index is 12.8. The lowest BCUT2D eigenvalue weighted by atomic mass is 10.0. The third-order valence-electron chi connectivity index (χ3n) is 5.92. The van der Waals surface area contributed by atoms with Crippen molar-refractivity contribution in [2.75, 3.05) is 31.1 Å². The van der Waals surface area contributed by atoms with E-state index in [1.165, 1.54) is 0 Å². The van der Waals surface area contributed by atoms with Gasteiger partial charge >= 0.3 is 0 Å². The number of hydrogen-bond donors (Lipinski definition) is 2. The van der Waals surface area contributed by atoms with Gasteiger partial charge in [0.25, 0.3) is 11.8 Å². The second-order valence-corrected chi connectivity index (χ2v) is 9.02. The predicted molar refractivity (Wildman–Crippen MR) is 125 cm³/mol. The second-order valence-electron chi connectivity index (χ2n) is 8.11. The fourth-order valence-electron chi connectivity index (χ4n) is 4.21. The van der Waals surface area contributed by atoms with Gasteiger partial charge in [0.1, 0.15) is 0 Å². The molecule has 4 rings (SSSR count). The summed E-state index contributed by atoms with van der Waals surface area (Å²) in [7, 11) is 0. The Bertz CT molecular complexity index is 922. The molecule has 0 spiro atoms. The first kappa shape index (κ1) is 21.8. The fourth-order valence-corrected chi connectivity index (χ4v) is 4.61. The Labute approximate surface area is 191 Å². The fraction of sp³-hybridized carbons (Fsp3) is 0.417. The lowest BCUT2D eigenvalue weighted by Gasteiger charge is -2.35. The van der Waals surface area contributed by atoms with Gasteiger partial charge in [-0.25, -0.2) is 0 Å². The zero-order valence-electron chi connectivity index (χ0n) is 17.5. The summed E-state index contributed by atoms with van der Waals surface area (Å²) in [5.41, 5.74) is 2.30. The smallest absolute Gasteiger partial charge is 0.253 e. The first-order valence-electron chi connectivity index (χ1n) is 10.9. The summed E-state index contributed by atoms with van der Waals surface area (Å²) in [6, 6.07) is 15.3. The van der Waals surface area contributed by atoms with Crippen molar-refractivity contribution in [1.29, 1.82) is 0 Å². The standard InChI is InChI=1S/C24H28BrN3O3/c25-18-6-3-5-17(15-18)23(29)27-19-10-12-28(13-11-19)22-9-2-1-8-21(22)24(30)26-16-20-7-4-14-31-20/h1-3,5-6,8-9,15,19-20H,4,7,10-14,16H2,(H,26,30)(H,27,29). The number of ether oxygens (including phenoxy) is 1. The Morgan fingerprint density at radius 2 is 1.84 bits per heavy atom. The van der Waals surface area contributed by atoms with E-state index < -0.39 is 0 Å². The minimum Gasteiger partial charge on any atom is -0.376 e. The molecule has 2 amide bonds. The zero-order chi connectivity index (χ0) is 21.6. The summed E-state index contributed by atoms with van der Waals surface area (Å²) < 4.78 is 6.50. The van der Waals surface area contributed by atoms with Crippen LogP contribution in [0.3, 0.4) is 0 Å². The van der Waals surface area contributed by atoms with E-state index >= 15 is 0 Å². The molecular formula is C24H28BrN3O3. The van der Waals surface area contributed by atoms with Crippen LogP contribution in [0, 0.1) is 0 Å². The number of piperidine rings is 1. The first-order chi connectivity index (χ1) is 15.1. The van der Waals surface area contributed by atoms with Gasteiger partial charge in [-0.3, -0.25) is 9.59 Å². The maximum Gasteiger partial charge on any atom is 0.253 e. The Hall–Kier alpha value is -2.38. The Kier molecular flexibility index (Phi) is 7.25. The molecule has 0 radical (unpaired) electrons. The number of nitrogens with one attached hydrogen (secondary N) is 2. The number of carbonyl (C=O) groups excluding carboxylic acids is 2. The minimum absolute atomic E-state index is 0.0475. The summed E-state index contributed by atoms with van der Waals surface area (Å²) in [6.45, 7) is 2.92. The van der Waals surface area contributed by atoms with Crippen molar-refractivity contribution in [2.45, 2.75) is 37.8 Å². The molecule has 2 aliphatic heterocycles. The Morgan fingerprint density at radius 3 is 2.58 bits per heavy atom. The third kappa shape index (κ3) is 5.66. The number of anilines is 1. The van der Waals surface area contributed by atoms with E-state index in [-0.39, 0.29) is 24.0 Å². The normalized spacial score (nSPS) is 19.3. The van der Waals surface area contributed by atoms with E-state index in [2.05, 4.69) is 31.5 Å². The molecule has 0 aromatic heterocycles. The molecule has 2 aliphatic rings. The number of rotatable bonds is 6. The average molecular weight is 486 g/mol. The molecule has 2 N–H and O–H groups in total. The van der Waals surface area contributed by atoms with Crippen molar-refractivity contribution >= 4 is 33.4 Å². The number of carbonyl (C=O) groups is 2. The molecule has 2 heterocycles. The van der Waals surface area contributed by atoms with Crippen molar-refractivity contribution < 1.29 is 14.3 Å². The molecule has 2 saturated heterocycles. The van der Waals surface area contributed by atoms with Crippen molar-refractivity contribution in [1.82, 2.24) is 10.6 Å². The lowest BCUT2D eigenvalue weighted by molar-refractivity contribution is 0.0858. The molecule has 1 unspecified atom stereocenters. The van der Waals surface area contributed by atoms with Gasteiger partial charge in [-0.1, -0.05) is 34.1 Å². The largest absolute Gasteiger partial charge is 0.376 e. The summed E-state index contributed by atoms with van der Waals surface area (Å²) in [5.74, 6) is -0.107. The van der Waals surface area contributed by atoms with E-state index in [0.717, 1.165) is 55.5 Å². The summed E-state index contributed by atoms with van der Waals surface area (Å²) in [6.07, 6.45) is 3.86. The van der Waals surface area contributed by atoms with Crippen LogP contribution < -0.4 is 15.5 Å². The Balaban J connectivity index is 1.33. The van der Waals surface area contributed by atoms with E-state index in [1.807, 2.05) is 48.5 Å². The highest BCUT2D eigenvalue weighted by atomic mass is 79.9. The molecule has 164 valence electrons. The van der Waals surface area contributed by atoms with Gasteiger partial charge in [-0.2, -0.15) is 0 Å². The zero-order valence-corrected chi connectivity index (χ0v) is 19.1. The molecule has 0 bridgehead atoms. The predicted octanol–water partition coefficient (Wildman–Crippen LogP) is 3.76. The van der Waals surface area contributed by atoms with Crippen LogP contribution in [0.2, 0.25) is 0 Å². The topological polar surface area (TPSA) is 70.7 Å². The van der Waals surface area contributed by atoms with Crippen LogP contribution in [0.15, 0.2) is 53.0 Å². The van der Waals surface area contributed by atoms with Gasteiger partial charge in [0.15, 0.2) is 0 Å². The SMILES string of the molecule is O=C(NC1CCN(c2ccccc2C(=O)NCC2CCCO2)CC1)c1cccc(Br)c1. The average Bonchev–Trinajstić information content (AvgIpc) is 3.32. The van der Waals surface area contributed by atoms with Crippen LogP contribution in [-0.4, -0.2) is 50.2 Å². The molecule has 1 atom stereocenters. The van der Waals surface area contributed by atoms with Crippen LogP contribution in [0.5, 0.6) is 0 Å². The third-order valence-corrected chi connectivity index (χ3v) is 6.41. The lowest BCUT2D eigenvalue weighted by Crippen LogP contribution is -2.45. The monoisotopic (exact) mass is 485 g/mol.